The summed E-state index contributed by atoms with van der Waals surface area (Å²) >= 11 is 0. The van der Waals surface area contributed by atoms with Crippen LogP contribution in [0.5, 0.6) is 0 Å². The first-order valence-electron chi connectivity index (χ1n) is 4.98. The van der Waals surface area contributed by atoms with E-state index in [0.717, 1.165) is 12.1 Å². The highest BCUT2D eigenvalue weighted by atomic mass is 32.2. The van der Waals surface area contributed by atoms with Crippen LogP contribution in [0.15, 0.2) is 29.2 Å². The van der Waals surface area contributed by atoms with Crippen LogP contribution < -0.4 is 5.32 Å². The van der Waals surface area contributed by atoms with Gasteiger partial charge in [-0.15, -0.1) is 6.42 Å². The summed E-state index contributed by atoms with van der Waals surface area (Å²) in [7, 11) is -3.18. The molecule has 1 rings (SSSR count). The van der Waals surface area contributed by atoms with E-state index in [2.05, 4.69) is 11.2 Å². The molecule has 0 aromatic heterocycles. The molecule has 1 aromatic rings. The third-order valence-corrected chi connectivity index (χ3v) is 3.30. The summed E-state index contributed by atoms with van der Waals surface area (Å²) in [6.07, 6.45) is 6.57. The van der Waals surface area contributed by atoms with Crippen molar-refractivity contribution in [2.24, 2.45) is 0 Å². The van der Waals surface area contributed by atoms with Gasteiger partial charge in [0.25, 0.3) is 0 Å². The Balaban J connectivity index is 3.13. The van der Waals surface area contributed by atoms with Crippen LogP contribution in [0.2, 0.25) is 0 Å². The van der Waals surface area contributed by atoms with Gasteiger partial charge in [-0.3, -0.25) is 0 Å². The maximum absolute atomic E-state index is 11.4. The second-order valence-corrected chi connectivity index (χ2v) is 5.52. The molecule has 3 nitrogen and oxygen atoms in total. The second kappa shape index (κ2) is 5.15. The standard InChI is InChI=1S/C12H15NO2S/c1-4-12(13-5-2)10-7-6-8-11(9-10)16(3,14)15/h1,6-9,12-13H,5H2,2-3H3. The van der Waals surface area contributed by atoms with Gasteiger partial charge in [-0.25, -0.2) is 8.42 Å². The third kappa shape index (κ3) is 3.09. The molecule has 0 amide bonds. The number of hydrogen-bond acceptors (Lipinski definition) is 3. The Hall–Kier alpha value is -1.31. The summed E-state index contributed by atoms with van der Waals surface area (Å²) in [5.41, 5.74) is 0.798. The van der Waals surface area contributed by atoms with E-state index < -0.39 is 9.84 Å². The zero-order valence-corrected chi connectivity index (χ0v) is 10.2. The second-order valence-electron chi connectivity index (χ2n) is 3.50. The van der Waals surface area contributed by atoms with Crippen molar-refractivity contribution in [1.29, 1.82) is 0 Å². The van der Waals surface area contributed by atoms with Gasteiger partial charge in [0, 0.05) is 6.26 Å². The minimum Gasteiger partial charge on any atom is -0.300 e. The highest BCUT2D eigenvalue weighted by Gasteiger charge is 2.11. The molecule has 86 valence electrons. The molecule has 1 unspecified atom stereocenters. The summed E-state index contributed by atoms with van der Waals surface area (Å²) in [5.74, 6) is 2.59. The number of terminal acetylenes is 1. The van der Waals surface area contributed by atoms with Crippen LogP contribution in [0.25, 0.3) is 0 Å². The van der Waals surface area contributed by atoms with Crippen LogP contribution in [0, 0.1) is 12.3 Å². The van der Waals surface area contributed by atoms with Crippen LogP contribution in [0.3, 0.4) is 0 Å². The molecule has 0 saturated carbocycles. The molecule has 0 heterocycles. The lowest BCUT2D eigenvalue weighted by Crippen LogP contribution is -2.19. The van der Waals surface area contributed by atoms with Crippen molar-refractivity contribution >= 4 is 9.84 Å². The minimum absolute atomic E-state index is 0.244. The first-order chi connectivity index (χ1) is 7.49. The molecule has 0 saturated heterocycles. The van der Waals surface area contributed by atoms with E-state index in [1.54, 1.807) is 18.2 Å². The van der Waals surface area contributed by atoms with Gasteiger partial charge in [-0.2, -0.15) is 0 Å². The van der Waals surface area contributed by atoms with Gasteiger partial charge in [0.1, 0.15) is 0 Å². The molecule has 0 aliphatic carbocycles. The number of benzene rings is 1. The predicted octanol–water partition coefficient (Wildman–Crippen LogP) is 1.37. The van der Waals surface area contributed by atoms with Crippen LogP contribution in [-0.2, 0) is 9.84 Å². The highest BCUT2D eigenvalue weighted by molar-refractivity contribution is 7.90. The number of rotatable bonds is 4. The molecular formula is C12H15NO2S. The first-order valence-corrected chi connectivity index (χ1v) is 6.87. The van der Waals surface area contributed by atoms with Gasteiger partial charge in [-0.1, -0.05) is 25.0 Å². The smallest absolute Gasteiger partial charge is 0.175 e. The first kappa shape index (κ1) is 12.8. The summed E-state index contributed by atoms with van der Waals surface area (Å²) in [5, 5.41) is 3.10. The van der Waals surface area contributed by atoms with E-state index in [-0.39, 0.29) is 6.04 Å². The Bertz CT molecular complexity index is 500. The summed E-state index contributed by atoms with van der Waals surface area (Å²) in [6, 6.07) is 6.46. The van der Waals surface area contributed by atoms with Gasteiger partial charge in [-0.05, 0) is 24.2 Å². The normalized spacial score (nSPS) is 13.1. The van der Waals surface area contributed by atoms with Crippen LogP contribution in [-0.4, -0.2) is 21.2 Å². The molecule has 1 atom stereocenters. The minimum atomic E-state index is -3.18. The quantitative estimate of drug-likeness (QED) is 0.805. The largest absolute Gasteiger partial charge is 0.300 e. The van der Waals surface area contributed by atoms with Gasteiger partial charge in [0.15, 0.2) is 9.84 Å². The van der Waals surface area contributed by atoms with Crippen LogP contribution in [0.1, 0.15) is 18.5 Å². The van der Waals surface area contributed by atoms with Gasteiger partial charge in [0.2, 0.25) is 0 Å². The van der Waals surface area contributed by atoms with Crippen molar-refractivity contribution in [3.05, 3.63) is 29.8 Å². The van der Waals surface area contributed by atoms with Crippen molar-refractivity contribution in [3.8, 4) is 12.3 Å². The van der Waals surface area contributed by atoms with Crippen molar-refractivity contribution in [3.63, 3.8) is 0 Å². The molecular weight excluding hydrogens is 222 g/mol. The zero-order chi connectivity index (χ0) is 12.2. The summed E-state index contributed by atoms with van der Waals surface area (Å²) < 4.78 is 22.8. The Morgan fingerprint density at radius 3 is 2.69 bits per heavy atom. The Morgan fingerprint density at radius 2 is 2.19 bits per heavy atom. The van der Waals surface area contributed by atoms with Gasteiger partial charge < -0.3 is 5.32 Å². The van der Waals surface area contributed by atoms with E-state index in [4.69, 9.17) is 6.42 Å². The monoisotopic (exact) mass is 237 g/mol. The lowest BCUT2D eigenvalue weighted by Gasteiger charge is -2.12. The molecule has 0 spiro atoms. The average molecular weight is 237 g/mol. The lowest BCUT2D eigenvalue weighted by atomic mass is 10.1. The SMILES string of the molecule is C#CC(NCC)c1cccc(S(C)(=O)=O)c1. The molecule has 0 aliphatic heterocycles. The van der Waals surface area contributed by atoms with Crippen LogP contribution >= 0.6 is 0 Å². The molecule has 0 radical (unpaired) electrons. The van der Waals surface area contributed by atoms with E-state index in [9.17, 15) is 8.42 Å². The maximum Gasteiger partial charge on any atom is 0.175 e. The van der Waals surface area contributed by atoms with E-state index in [1.807, 2.05) is 13.0 Å². The van der Waals surface area contributed by atoms with E-state index >= 15 is 0 Å². The molecule has 0 fully saturated rings. The van der Waals surface area contributed by atoms with Crippen molar-refractivity contribution in [1.82, 2.24) is 5.32 Å². The van der Waals surface area contributed by atoms with Crippen molar-refractivity contribution in [2.45, 2.75) is 17.9 Å². The number of sulfone groups is 1. The highest BCUT2D eigenvalue weighted by Crippen LogP contribution is 2.17. The average Bonchev–Trinajstić information content (AvgIpc) is 2.25. The fourth-order valence-corrected chi connectivity index (χ4v) is 2.08. The fraction of sp³-hybridized carbons (Fsp3) is 0.333. The molecule has 16 heavy (non-hydrogen) atoms. The van der Waals surface area contributed by atoms with E-state index in [1.165, 1.54) is 6.26 Å². The lowest BCUT2D eigenvalue weighted by molar-refractivity contribution is 0.601. The zero-order valence-electron chi connectivity index (χ0n) is 9.40. The fourth-order valence-electron chi connectivity index (χ4n) is 1.40. The number of nitrogens with one attached hydrogen (secondary N) is 1. The summed E-state index contributed by atoms with van der Waals surface area (Å²) in [4.78, 5) is 0.295. The maximum atomic E-state index is 11.4. The number of hydrogen-bond donors (Lipinski definition) is 1. The third-order valence-electron chi connectivity index (χ3n) is 2.19. The van der Waals surface area contributed by atoms with Gasteiger partial charge >= 0.3 is 0 Å². The Morgan fingerprint density at radius 1 is 1.50 bits per heavy atom. The van der Waals surface area contributed by atoms with Gasteiger partial charge in [0.05, 0.1) is 10.9 Å². The molecule has 0 aliphatic rings. The molecule has 1 aromatic carbocycles. The molecule has 1 N–H and O–H groups in total. The van der Waals surface area contributed by atoms with E-state index in [0.29, 0.717) is 4.90 Å². The van der Waals surface area contributed by atoms with Crippen molar-refractivity contribution in [2.75, 3.05) is 12.8 Å². The Labute approximate surface area is 96.8 Å². The predicted molar refractivity (Wildman–Crippen MR) is 64.8 cm³/mol. The Kier molecular flexibility index (Phi) is 4.11. The summed E-state index contributed by atoms with van der Waals surface area (Å²) in [6.45, 7) is 2.68. The topological polar surface area (TPSA) is 46.2 Å². The van der Waals surface area contributed by atoms with Crippen LogP contribution in [0.4, 0.5) is 0 Å². The molecule has 4 heteroatoms. The molecule has 0 bridgehead atoms. The van der Waals surface area contributed by atoms with Crippen molar-refractivity contribution < 1.29 is 8.42 Å².